The molecule has 0 aliphatic heterocycles. The van der Waals surface area contributed by atoms with Gasteiger partial charge in [0, 0.05) is 22.5 Å². The van der Waals surface area contributed by atoms with Gasteiger partial charge in [-0.15, -0.1) is 0 Å². The fourth-order valence-electron chi connectivity index (χ4n) is 5.58. The molecule has 42 heavy (non-hydrogen) atoms. The number of nitrogens with zero attached hydrogens (tertiary/aromatic N) is 1. The number of fused-ring (bicyclic) bond motifs is 2. The Balaban J connectivity index is 1.17. The Hall–Kier alpha value is -5.03. The number of hydrogen-bond acceptors (Lipinski definition) is 3. The van der Waals surface area contributed by atoms with E-state index in [2.05, 4.69) is 36.4 Å². The Bertz CT molecular complexity index is 1820. The van der Waals surface area contributed by atoms with Gasteiger partial charge in [0.05, 0.1) is 18.7 Å². The molecule has 5 nitrogen and oxygen atoms in total. The van der Waals surface area contributed by atoms with Crippen LogP contribution in [0.2, 0.25) is 0 Å². The average molecular weight is 556 g/mol. The summed E-state index contributed by atoms with van der Waals surface area (Å²) in [7, 11) is 0. The molecule has 0 bridgehead atoms. The van der Waals surface area contributed by atoms with Crippen molar-refractivity contribution in [2.45, 2.75) is 25.7 Å². The predicted molar refractivity (Wildman–Crippen MR) is 169 cm³/mol. The molecular formula is C37H33NO4. The van der Waals surface area contributed by atoms with Gasteiger partial charge < -0.3 is 14.6 Å². The maximum atomic E-state index is 12.3. The topological polar surface area (TPSA) is 60.7 Å². The van der Waals surface area contributed by atoms with Crippen molar-refractivity contribution < 1.29 is 19.4 Å². The molecule has 0 amide bonds. The van der Waals surface area contributed by atoms with Crippen LogP contribution in [0.15, 0.2) is 121 Å². The Labute approximate surface area is 245 Å². The van der Waals surface area contributed by atoms with Gasteiger partial charge in [-0.1, -0.05) is 97.1 Å². The third-order valence-corrected chi connectivity index (χ3v) is 7.57. The van der Waals surface area contributed by atoms with Gasteiger partial charge in [-0.2, -0.15) is 0 Å². The zero-order chi connectivity index (χ0) is 28.7. The average Bonchev–Trinajstić information content (AvgIpc) is 3.41. The summed E-state index contributed by atoms with van der Waals surface area (Å²) in [5.74, 6) is 1.75. The van der Waals surface area contributed by atoms with Gasteiger partial charge in [0.2, 0.25) is 0 Å². The maximum absolute atomic E-state index is 12.3. The van der Waals surface area contributed by atoms with E-state index in [1.54, 1.807) is 6.20 Å². The smallest absolute Gasteiger partial charge is 0.416 e. The molecule has 1 heterocycles. The van der Waals surface area contributed by atoms with Gasteiger partial charge in [0.1, 0.15) is 11.5 Å². The molecule has 0 radical (unpaired) electrons. The molecular weight excluding hydrogens is 522 g/mol. The molecule has 0 fully saturated rings. The summed E-state index contributed by atoms with van der Waals surface area (Å²) < 4.78 is 13.4. The Morgan fingerprint density at radius 1 is 0.690 bits per heavy atom. The normalized spacial score (nSPS) is 11.1. The van der Waals surface area contributed by atoms with E-state index in [9.17, 15) is 9.90 Å². The first-order valence-corrected chi connectivity index (χ1v) is 14.4. The molecule has 0 aliphatic rings. The maximum Gasteiger partial charge on any atom is 0.416 e. The van der Waals surface area contributed by atoms with Crippen molar-refractivity contribution in [3.63, 3.8) is 0 Å². The first-order valence-electron chi connectivity index (χ1n) is 14.4. The Morgan fingerprint density at radius 3 is 2.29 bits per heavy atom. The highest BCUT2D eigenvalue weighted by molar-refractivity contribution is 6.01. The molecule has 0 saturated carbocycles. The van der Waals surface area contributed by atoms with E-state index in [4.69, 9.17) is 9.47 Å². The van der Waals surface area contributed by atoms with E-state index >= 15 is 0 Å². The molecule has 0 spiro atoms. The lowest BCUT2D eigenvalue weighted by Gasteiger charge is -2.10. The Morgan fingerprint density at radius 2 is 1.40 bits per heavy atom. The van der Waals surface area contributed by atoms with Crippen molar-refractivity contribution in [1.29, 1.82) is 0 Å². The van der Waals surface area contributed by atoms with Gasteiger partial charge in [-0.05, 0) is 66.0 Å². The number of carboxylic acid groups (broad SMARTS) is 1. The molecule has 210 valence electrons. The van der Waals surface area contributed by atoms with Crippen LogP contribution in [-0.2, 0) is 12.8 Å². The number of rotatable bonds is 11. The van der Waals surface area contributed by atoms with Crippen molar-refractivity contribution in [1.82, 2.24) is 4.57 Å². The van der Waals surface area contributed by atoms with Crippen LogP contribution >= 0.6 is 0 Å². The van der Waals surface area contributed by atoms with Crippen LogP contribution in [0.4, 0.5) is 4.79 Å². The number of benzene rings is 5. The van der Waals surface area contributed by atoms with Crippen LogP contribution in [0.3, 0.4) is 0 Å². The lowest BCUT2D eigenvalue weighted by atomic mass is 9.98. The first kappa shape index (κ1) is 27.2. The number of ether oxygens (including phenoxy) is 2. The van der Waals surface area contributed by atoms with Gasteiger partial charge in [0.15, 0.2) is 0 Å². The summed E-state index contributed by atoms with van der Waals surface area (Å²) in [6.45, 7) is 1.18. The van der Waals surface area contributed by atoms with E-state index in [-0.39, 0.29) is 0 Å². The second kappa shape index (κ2) is 12.6. The standard InChI is InChI=1S/C37H33NO4/c39-37(40)38-26-30(16-10-24-42-35-22-7-14-28-13-4-5-19-32(28)35)34-21-8-20-33(36(34)38)29-15-6-11-27(25-29)12-9-23-41-31-17-2-1-3-18-31/h1-8,11,13-15,17-22,25-26H,9-10,12,16,23-24H2,(H,39,40). The third-order valence-electron chi connectivity index (χ3n) is 7.57. The molecule has 0 unspecified atom stereocenters. The van der Waals surface area contributed by atoms with Crippen molar-refractivity contribution >= 4 is 27.8 Å². The predicted octanol–water partition coefficient (Wildman–Crippen LogP) is 9.01. The van der Waals surface area contributed by atoms with Crippen LogP contribution < -0.4 is 9.47 Å². The van der Waals surface area contributed by atoms with Crippen molar-refractivity contribution in [3.8, 4) is 22.6 Å². The van der Waals surface area contributed by atoms with Crippen LogP contribution in [0.5, 0.6) is 11.5 Å². The summed E-state index contributed by atoms with van der Waals surface area (Å²) in [6.07, 6.45) is 4.02. The summed E-state index contributed by atoms with van der Waals surface area (Å²) in [6, 6.07) is 38.5. The van der Waals surface area contributed by atoms with Crippen LogP contribution in [0, 0.1) is 0 Å². The number of carbonyl (C=O) groups is 1. The summed E-state index contributed by atoms with van der Waals surface area (Å²) in [5, 5.41) is 13.3. The summed E-state index contributed by atoms with van der Waals surface area (Å²) in [5.41, 5.74) is 4.84. The molecule has 0 atom stereocenters. The molecule has 0 saturated heterocycles. The molecule has 6 rings (SSSR count). The van der Waals surface area contributed by atoms with Gasteiger partial charge >= 0.3 is 6.09 Å². The minimum absolute atomic E-state index is 0.545. The minimum Gasteiger partial charge on any atom is -0.494 e. The van der Waals surface area contributed by atoms with E-state index < -0.39 is 6.09 Å². The van der Waals surface area contributed by atoms with Gasteiger partial charge in [0.25, 0.3) is 0 Å². The van der Waals surface area contributed by atoms with Crippen molar-refractivity contribution in [3.05, 3.63) is 133 Å². The lowest BCUT2D eigenvalue weighted by Crippen LogP contribution is -2.06. The number of hydrogen-bond donors (Lipinski definition) is 1. The second-order valence-electron chi connectivity index (χ2n) is 10.4. The first-order chi connectivity index (χ1) is 20.7. The second-order valence-corrected chi connectivity index (χ2v) is 10.4. The van der Waals surface area contributed by atoms with E-state index in [1.165, 1.54) is 10.1 Å². The van der Waals surface area contributed by atoms with E-state index in [0.717, 1.165) is 69.1 Å². The molecule has 5 heteroatoms. The minimum atomic E-state index is -0.986. The quantitative estimate of drug-likeness (QED) is 0.162. The molecule has 1 N–H and O–H groups in total. The number of para-hydroxylation sites is 2. The number of aromatic nitrogens is 1. The Kier molecular flexibility index (Phi) is 8.18. The van der Waals surface area contributed by atoms with Crippen molar-refractivity contribution in [2.24, 2.45) is 0 Å². The third kappa shape index (κ3) is 6.01. The van der Waals surface area contributed by atoms with Gasteiger partial charge in [-0.25, -0.2) is 4.79 Å². The molecule has 1 aromatic heterocycles. The molecule has 5 aromatic carbocycles. The highest BCUT2D eigenvalue weighted by atomic mass is 16.5. The highest BCUT2D eigenvalue weighted by Gasteiger charge is 2.17. The summed E-state index contributed by atoms with van der Waals surface area (Å²) >= 11 is 0. The summed E-state index contributed by atoms with van der Waals surface area (Å²) in [4.78, 5) is 12.3. The molecule has 0 aliphatic carbocycles. The lowest BCUT2D eigenvalue weighted by molar-refractivity contribution is 0.197. The number of aryl methyl sites for hydroxylation is 2. The molecule has 6 aromatic rings. The van der Waals surface area contributed by atoms with Gasteiger partial charge in [-0.3, -0.25) is 4.57 Å². The van der Waals surface area contributed by atoms with E-state index in [1.807, 2.05) is 78.9 Å². The highest BCUT2D eigenvalue weighted by Crippen LogP contribution is 2.33. The largest absolute Gasteiger partial charge is 0.494 e. The zero-order valence-corrected chi connectivity index (χ0v) is 23.4. The van der Waals surface area contributed by atoms with Crippen LogP contribution in [0.1, 0.15) is 24.0 Å². The van der Waals surface area contributed by atoms with Crippen LogP contribution in [0.25, 0.3) is 32.8 Å². The monoisotopic (exact) mass is 555 g/mol. The SMILES string of the molecule is O=C(O)n1cc(CCCOc2cccc3ccccc23)c2cccc(-c3cccc(CCCOc4ccccc4)c3)c21. The van der Waals surface area contributed by atoms with Crippen LogP contribution in [-0.4, -0.2) is 29.0 Å². The fraction of sp³-hybridized carbons (Fsp3) is 0.162. The van der Waals surface area contributed by atoms with Crippen molar-refractivity contribution in [2.75, 3.05) is 13.2 Å². The fourth-order valence-corrected chi connectivity index (χ4v) is 5.58. The zero-order valence-electron chi connectivity index (χ0n) is 23.4. The van der Waals surface area contributed by atoms with E-state index in [0.29, 0.717) is 19.6 Å².